The van der Waals surface area contributed by atoms with Gasteiger partial charge in [0.15, 0.2) is 28.8 Å². The topological polar surface area (TPSA) is 119 Å². The van der Waals surface area contributed by atoms with Gasteiger partial charge in [0.25, 0.3) is 0 Å². The third-order valence-electron chi connectivity index (χ3n) is 8.03. The zero-order valence-electron chi connectivity index (χ0n) is 26.5. The predicted molar refractivity (Wildman–Crippen MR) is 169 cm³/mol. The van der Waals surface area contributed by atoms with E-state index in [9.17, 15) is 14.4 Å². The van der Waals surface area contributed by atoms with Crippen LogP contribution in [0.5, 0.6) is 28.7 Å². The van der Waals surface area contributed by atoms with Crippen LogP contribution < -0.4 is 29.0 Å². The number of dihydropyridines is 1. The number of nitrogens with one attached hydrogen (secondary N) is 1. The van der Waals surface area contributed by atoms with E-state index in [4.69, 9.17) is 28.4 Å². The van der Waals surface area contributed by atoms with Gasteiger partial charge < -0.3 is 33.7 Å². The lowest BCUT2D eigenvalue weighted by atomic mass is 9.71. The number of hydrogen-bond acceptors (Lipinski definition) is 10. The minimum absolute atomic E-state index is 0.00711. The predicted octanol–water partition coefficient (Wildman–Crippen LogP) is 5.62. The summed E-state index contributed by atoms with van der Waals surface area (Å²) in [6.45, 7) is 3.26. The minimum atomic E-state index is -0.752. The van der Waals surface area contributed by atoms with Gasteiger partial charge in [0, 0.05) is 36.2 Å². The number of methoxy groups -OCH3 is 3. The molecule has 1 N–H and O–H groups in total. The number of carbonyl (C=O) groups excluding carboxylic acids is 3. The van der Waals surface area contributed by atoms with Crippen LogP contribution in [0, 0.1) is 0 Å². The second kappa shape index (κ2) is 14.2. The molecule has 3 aromatic rings. The summed E-state index contributed by atoms with van der Waals surface area (Å²) < 4.78 is 33.1. The van der Waals surface area contributed by atoms with Crippen LogP contribution in [0.4, 0.5) is 0 Å². The summed E-state index contributed by atoms with van der Waals surface area (Å²) in [5.74, 6) is 0.314. The fraction of sp³-hybridized carbons (Fsp3) is 0.306. The molecule has 3 aromatic carbocycles. The highest BCUT2D eigenvalue weighted by Crippen LogP contribution is 2.47. The van der Waals surface area contributed by atoms with Crippen LogP contribution in [-0.4, -0.2) is 52.3 Å². The molecular weight excluding hydrogens is 590 g/mol. The first kappa shape index (κ1) is 32.2. The lowest BCUT2D eigenvalue weighted by Gasteiger charge is -2.37. The van der Waals surface area contributed by atoms with Gasteiger partial charge in [0.05, 0.1) is 26.9 Å². The molecule has 0 radical (unpaired) electrons. The van der Waals surface area contributed by atoms with Crippen LogP contribution in [0.25, 0.3) is 0 Å². The van der Waals surface area contributed by atoms with Crippen LogP contribution >= 0.6 is 0 Å². The number of para-hydroxylation sites is 1. The molecule has 2 aliphatic rings. The van der Waals surface area contributed by atoms with Gasteiger partial charge in [-0.3, -0.25) is 9.59 Å². The number of allylic oxidation sites excluding steroid dienone is 3. The molecule has 1 aliphatic carbocycles. The smallest absolute Gasteiger partial charge is 0.336 e. The summed E-state index contributed by atoms with van der Waals surface area (Å²) in [6.07, 6.45) is 0.752. The molecule has 0 fully saturated rings. The Kier molecular flexibility index (Phi) is 9.95. The van der Waals surface area contributed by atoms with Gasteiger partial charge in [-0.25, -0.2) is 4.79 Å². The third-order valence-corrected chi connectivity index (χ3v) is 8.03. The summed E-state index contributed by atoms with van der Waals surface area (Å²) in [5, 5.41) is 3.36. The van der Waals surface area contributed by atoms with Crippen LogP contribution in [-0.2, 0) is 19.1 Å². The molecule has 0 unspecified atom stereocenters. The molecule has 0 spiro atoms. The van der Waals surface area contributed by atoms with Crippen molar-refractivity contribution < 1.29 is 42.8 Å². The first-order valence-electron chi connectivity index (χ1n) is 14.9. The minimum Gasteiger partial charge on any atom is -0.493 e. The Hall–Kier alpha value is -5.25. The van der Waals surface area contributed by atoms with Crippen molar-refractivity contribution in [3.8, 4) is 28.7 Å². The Morgan fingerprint density at radius 3 is 2.15 bits per heavy atom. The quantitative estimate of drug-likeness (QED) is 0.163. The first-order chi connectivity index (χ1) is 22.2. The average Bonchev–Trinajstić information content (AvgIpc) is 3.06. The van der Waals surface area contributed by atoms with E-state index in [2.05, 4.69) is 5.32 Å². The maximum atomic E-state index is 14.1. The molecular formula is C36H37NO9. The van der Waals surface area contributed by atoms with Crippen molar-refractivity contribution in [2.75, 3.05) is 34.5 Å². The number of ketones is 1. The molecule has 46 heavy (non-hydrogen) atoms. The molecule has 5 rings (SSSR count). The van der Waals surface area contributed by atoms with Crippen molar-refractivity contribution in [3.63, 3.8) is 0 Å². The van der Waals surface area contributed by atoms with Crippen molar-refractivity contribution in [1.29, 1.82) is 0 Å². The van der Waals surface area contributed by atoms with E-state index < -0.39 is 17.9 Å². The fourth-order valence-corrected chi connectivity index (χ4v) is 5.98. The van der Waals surface area contributed by atoms with Gasteiger partial charge in [-0.1, -0.05) is 30.3 Å². The van der Waals surface area contributed by atoms with E-state index >= 15 is 0 Å². The number of carbonyl (C=O) groups is 3. The van der Waals surface area contributed by atoms with Gasteiger partial charge in [0.2, 0.25) is 0 Å². The Bertz CT molecular complexity index is 1690. The van der Waals surface area contributed by atoms with Crippen molar-refractivity contribution in [2.45, 2.75) is 38.5 Å². The molecule has 0 saturated heterocycles. The zero-order valence-corrected chi connectivity index (χ0v) is 26.5. The van der Waals surface area contributed by atoms with E-state index in [1.54, 1.807) is 39.3 Å². The molecule has 10 heteroatoms. The largest absolute Gasteiger partial charge is 0.493 e. The zero-order chi connectivity index (χ0) is 32.8. The van der Waals surface area contributed by atoms with Crippen molar-refractivity contribution in [1.82, 2.24) is 5.32 Å². The standard InChI is InChI=1S/C36H37NO9/c1-21-33(36(40)45-16-15-44-26-9-7-6-8-10-26)34(24-12-14-30(46-22(2)38)32(20-24)43-5)35-27(37-21)17-25(18-28(35)39)23-11-13-29(41-3)31(19-23)42-4/h6-14,19-20,25,34,37H,15-18H2,1-5H3/t25-,34+/m1/s1. The van der Waals surface area contributed by atoms with Crippen LogP contribution in [0.2, 0.25) is 0 Å². The summed E-state index contributed by atoms with van der Waals surface area (Å²) >= 11 is 0. The fourth-order valence-electron chi connectivity index (χ4n) is 5.98. The van der Waals surface area contributed by atoms with E-state index in [-0.39, 0.29) is 37.1 Å². The number of ether oxygens (including phenoxy) is 6. The Morgan fingerprint density at radius 2 is 1.46 bits per heavy atom. The van der Waals surface area contributed by atoms with E-state index in [1.165, 1.54) is 14.0 Å². The number of Topliss-reactive ketones (excluding diaryl/α,β-unsaturated/α-hetero) is 1. The highest BCUT2D eigenvalue weighted by molar-refractivity contribution is 6.04. The van der Waals surface area contributed by atoms with Gasteiger partial charge in [-0.05, 0) is 66.8 Å². The number of esters is 2. The van der Waals surface area contributed by atoms with Crippen LogP contribution in [0.3, 0.4) is 0 Å². The Labute approximate surface area is 267 Å². The van der Waals surface area contributed by atoms with Gasteiger partial charge in [-0.15, -0.1) is 0 Å². The van der Waals surface area contributed by atoms with E-state index in [0.29, 0.717) is 51.8 Å². The summed E-state index contributed by atoms with van der Waals surface area (Å²) in [7, 11) is 4.61. The number of benzene rings is 3. The summed E-state index contributed by atoms with van der Waals surface area (Å²) in [5.41, 5.74) is 3.64. The van der Waals surface area contributed by atoms with Gasteiger partial charge >= 0.3 is 11.9 Å². The van der Waals surface area contributed by atoms with Crippen molar-refractivity contribution >= 4 is 17.7 Å². The number of hydrogen-bond donors (Lipinski definition) is 1. The second-order valence-electron chi connectivity index (χ2n) is 10.9. The lowest BCUT2D eigenvalue weighted by Crippen LogP contribution is -2.36. The molecule has 2 atom stereocenters. The Morgan fingerprint density at radius 1 is 0.804 bits per heavy atom. The Balaban J connectivity index is 1.49. The lowest BCUT2D eigenvalue weighted by molar-refractivity contribution is -0.140. The van der Waals surface area contributed by atoms with Crippen LogP contribution in [0.1, 0.15) is 49.7 Å². The second-order valence-corrected chi connectivity index (χ2v) is 10.9. The highest BCUT2D eigenvalue weighted by Gasteiger charge is 2.42. The van der Waals surface area contributed by atoms with E-state index in [0.717, 1.165) is 11.3 Å². The summed E-state index contributed by atoms with van der Waals surface area (Å²) in [6, 6.07) is 19.9. The third kappa shape index (κ3) is 6.86. The molecule has 0 bridgehead atoms. The SMILES string of the molecule is COc1ccc([C@H]2CC(=O)C3=C(C2)NC(C)=C(C(=O)OCCOc2ccccc2)[C@@H]3c2ccc(OC(C)=O)c(OC)c2)cc1OC. The summed E-state index contributed by atoms with van der Waals surface area (Å²) in [4.78, 5) is 39.5. The van der Waals surface area contributed by atoms with E-state index in [1.807, 2.05) is 48.5 Å². The maximum Gasteiger partial charge on any atom is 0.336 e. The van der Waals surface area contributed by atoms with Gasteiger partial charge in [0.1, 0.15) is 19.0 Å². The monoisotopic (exact) mass is 627 g/mol. The first-order valence-corrected chi connectivity index (χ1v) is 14.9. The average molecular weight is 628 g/mol. The van der Waals surface area contributed by atoms with Gasteiger partial charge in [-0.2, -0.15) is 0 Å². The van der Waals surface area contributed by atoms with Crippen molar-refractivity contribution in [3.05, 3.63) is 100 Å². The molecule has 1 aliphatic heterocycles. The molecule has 0 saturated carbocycles. The van der Waals surface area contributed by atoms with Crippen molar-refractivity contribution in [2.24, 2.45) is 0 Å². The highest BCUT2D eigenvalue weighted by atomic mass is 16.6. The number of rotatable bonds is 11. The molecule has 0 aromatic heterocycles. The molecule has 1 heterocycles. The normalized spacial score (nSPS) is 17.5. The maximum absolute atomic E-state index is 14.1. The molecule has 10 nitrogen and oxygen atoms in total. The molecule has 240 valence electrons. The van der Waals surface area contributed by atoms with Crippen LogP contribution in [0.15, 0.2) is 89.3 Å². The molecule has 0 amide bonds.